The Morgan fingerprint density at radius 2 is 1.57 bits per heavy atom. The fourth-order valence-corrected chi connectivity index (χ4v) is 2.85. The highest BCUT2D eigenvalue weighted by Crippen LogP contribution is 2.16. The lowest BCUT2D eigenvalue weighted by atomic mass is 10.1. The maximum Gasteiger partial charge on any atom is 0.271 e. The molecule has 152 valence electrons. The molecule has 3 aromatic carbocycles. The summed E-state index contributed by atoms with van der Waals surface area (Å²) in [6, 6.07) is 20.6. The Kier molecular flexibility index (Phi) is 6.83. The van der Waals surface area contributed by atoms with Crippen LogP contribution in [0.25, 0.3) is 0 Å². The number of methoxy groups -OCH3 is 1. The Morgan fingerprint density at radius 1 is 0.867 bits per heavy atom. The summed E-state index contributed by atoms with van der Waals surface area (Å²) in [6.07, 6.45) is 0. The number of hydrogen-bond donors (Lipinski definition) is 2. The topological polar surface area (TPSA) is 79.8 Å². The van der Waals surface area contributed by atoms with E-state index in [1.807, 2.05) is 6.07 Å². The van der Waals surface area contributed by atoms with Gasteiger partial charge in [0.05, 0.1) is 12.8 Å². The summed E-state index contributed by atoms with van der Waals surface area (Å²) in [4.78, 5) is 24.6. The molecule has 0 aromatic heterocycles. The van der Waals surface area contributed by atoms with Gasteiger partial charge >= 0.3 is 0 Å². The molecule has 3 rings (SSSR count). The zero-order valence-corrected chi connectivity index (χ0v) is 17.2. The minimum Gasteiger partial charge on any atom is -0.497 e. The lowest BCUT2D eigenvalue weighted by Gasteiger charge is -2.08. The van der Waals surface area contributed by atoms with Crippen molar-refractivity contribution in [1.29, 1.82) is 0 Å². The smallest absolute Gasteiger partial charge is 0.271 e. The summed E-state index contributed by atoms with van der Waals surface area (Å²) in [7, 11) is 1.56. The largest absolute Gasteiger partial charge is 0.497 e. The van der Waals surface area contributed by atoms with E-state index in [9.17, 15) is 9.59 Å². The van der Waals surface area contributed by atoms with E-state index in [4.69, 9.17) is 16.3 Å². The molecule has 6 nitrogen and oxygen atoms in total. The zero-order chi connectivity index (χ0) is 21.5. The van der Waals surface area contributed by atoms with Crippen LogP contribution in [0.15, 0.2) is 77.9 Å². The van der Waals surface area contributed by atoms with Crippen molar-refractivity contribution in [2.24, 2.45) is 5.10 Å². The normalized spacial score (nSPS) is 11.0. The first kappa shape index (κ1) is 21.1. The highest BCUT2D eigenvalue weighted by molar-refractivity contribution is 6.31. The van der Waals surface area contributed by atoms with Crippen LogP contribution in [0, 0.1) is 0 Å². The van der Waals surface area contributed by atoms with Gasteiger partial charge in [-0.3, -0.25) is 9.59 Å². The summed E-state index contributed by atoms with van der Waals surface area (Å²) in [5, 5.41) is 7.48. The number of benzene rings is 3. The van der Waals surface area contributed by atoms with Gasteiger partial charge in [-0.05, 0) is 67.1 Å². The van der Waals surface area contributed by atoms with Crippen molar-refractivity contribution in [1.82, 2.24) is 5.43 Å². The van der Waals surface area contributed by atoms with E-state index in [0.717, 1.165) is 5.56 Å². The van der Waals surface area contributed by atoms with Crippen LogP contribution in [0.5, 0.6) is 5.75 Å². The molecule has 30 heavy (non-hydrogen) atoms. The highest BCUT2D eigenvalue weighted by Gasteiger charge is 2.09. The number of hydrogen-bond acceptors (Lipinski definition) is 4. The van der Waals surface area contributed by atoms with Crippen LogP contribution in [-0.4, -0.2) is 24.6 Å². The van der Waals surface area contributed by atoms with Gasteiger partial charge in [0.15, 0.2) is 0 Å². The van der Waals surface area contributed by atoms with E-state index in [-0.39, 0.29) is 11.8 Å². The van der Waals surface area contributed by atoms with Crippen LogP contribution in [0.2, 0.25) is 5.02 Å². The van der Waals surface area contributed by atoms with Gasteiger partial charge in [-0.1, -0.05) is 29.8 Å². The van der Waals surface area contributed by atoms with E-state index in [2.05, 4.69) is 15.8 Å². The van der Waals surface area contributed by atoms with Crippen LogP contribution < -0.4 is 15.5 Å². The monoisotopic (exact) mass is 421 g/mol. The maximum absolute atomic E-state index is 12.4. The number of rotatable bonds is 6. The molecular formula is C23H20ClN3O3. The fourth-order valence-electron chi connectivity index (χ4n) is 2.66. The van der Waals surface area contributed by atoms with E-state index in [1.54, 1.807) is 80.8 Å². The number of hydrazone groups is 1. The summed E-state index contributed by atoms with van der Waals surface area (Å²) in [5.74, 6) is 0.0716. The molecule has 0 aliphatic carbocycles. The van der Waals surface area contributed by atoms with Crippen molar-refractivity contribution in [2.75, 3.05) is 12.4 Å². The Morgan fingerprint density at radius 3 is 2.27 bits per heavy atom. The van der Waals surface area contributed by atoms with Crippen LogP contribution in [0.1, 0.15) is 33.2 Å². The summed E-state index contributed by atoms with van der Waals surface area (Å²) in [5.41, 5.74) is 5.42. The lowest BCUT2D eigenvalue weighted by Crippen LogP contribution is -2.19. The molecular weight excluding hydrogens is 402 g/mol. The third-order valence-corrected chi connectivity index (χ3v) is 4.54. The standard InChI is InChI=1S/C23H20ClN3O3/c1-15(26-27-23(29)16-9-11-21(30-2)12-10-16)17-5-4-8-20(14-17)25-22(28)18-6-3-7-19(24)13-18/h3-14H,1-2H3,(H,25,28)(H,27,29)/b26-15-. The van der Waals surface area contributed by atoms with Crippen LogP contribution >= 0.6 is 11.6 Å². The summed E-state index contributed by atoms with van der Waals surface area (Å²) >= 11 is 5.94. The molecule has 3 aromatic rings. The van der Waals surface area contributed by atoms with Crippen molar-refractivity contribution in [3.63, 3.8) is 0 Å². The second-order valence-electron chi connectivity index (χ2n) is 6.41. The van der Waals surface area contributed by atoms with Gasteiger partial charge in [0.1, 0.15) is 5.75 Å². The second-order valence-corrected chi connectivity index (χ2v) is 6.85. The number of ether oxygens (including phenoxy) is 1. The van der Waals surface area contributed by atoms with Crippen LogP contribution in [-0.2, 0) is 0 Å². The SMILES string of the molecule is COc1ccc(C(=O)N/N=C(/C)c2cccc(NC(=O)c3cccc(Cl)c3)c2)cc1. The molecule has 2 N–H and O–H groups in total. The van der Waals surface area contributed by atoms with Crippen molar-refractivity contribution in [2.45, 2.75) is 6.92 Å². The fraction of sp³-hybridized carbons (Fsp3) is 0.0870. The van der Waals surface area contributed by atoms with E-state index in [1.165, 1.54) is 0 Å². The molecule has 0 aliphatic rings. The Bertz CT molecular complexity index is 1090. The quantitative estimate of drug-likeness (QED) is 0.445. The van der Waals surface area contributed by atoms with Crippen LogP contribution in [0.3, 0.4) is 0 Å². The Balaban J connectivity index is 1.68. The van der Waals surface area contributed by atoms with Gasteiger partial charge < -0.3 is 10.1 Å². The van der Waals surface area contributed by atoms with E-state index in [0.29, 0.717) is 33.3 Å². The maximum atomic E-state index is 12.4. The lowest BCUT2D eigenvalue weighted by molar-refractivity contribution is 0.0954. The average Bonchev–Trinajstić information content (AvgIpc) is 2.77. The van der Waals surface area contributed by atoms with Crippen molar-refractivity contribution >= 4 is 34.8 Å². The molecule has 0 saturated heterocycles. The number of nitrogens with zero attached hydrogens (tertiary/aromatic N) is 1. The van der Waals surface area contributed by atoms with Gasteiger partial charge in [0, 0.05) is 21.8 Å². The number of carbonyl (C=O) groups excluding carboxylic acids is 2. The molecule has 7 heteroatoms. The first-order valence-electron chi connectivity index (χ1n) is 9.12. The highest BCUT2D eigenvalue weighted by atomic mass is 35.5. The van der Waals surface area contributed by atoms with Crippen molar-refractivity contribution < 1.29 is 14.3 Å². The molecule has 0 bridgehead atoms. The third kappa shape index (κ3) is 5.46. The van der Waals surface area contributed by atoms with Crippen molar-refractivity contribution in [3.8, 4) is 5.75 Å². The van der Waals surface area contributed by atoms with Gasteiger partial charge in [0.25, 0.3) is 11.8 Å². The van der Waals surface area contributed by atoms with Gasteiger partial charge in [-0.25, -0.2) is 5.43 Å². The number of halogens is 1. The van der Waals surface area contributed by atoms with Crippen molar-refractivity contribution in [3.05, 3.63) is 94.5 Å². The first-order valence-corrected chi connectivity index (χ1v) is 9.50. The predicted octanol–water partition coefficient (Wildman–Crippen LogP) is 4.75. The van der Waals surface area contributed by atoms with Gasteiger partial charge in [0.2, 0.25) is 0 Å². The second kappa shape index (κ2) is 9.71. The Labute approximate surface area is 179 Å². The zero-order valence-electron chi connectivity index (χ0n) is 16.5. The van der Waals surface area contributed by atoms with E-state index >= 15 is 0 Å². The molecule has 2 amide bonds. The average molecular weight is 422 g/mol. The van der Waals surface area contributed by atoms with Gasteiger partial charge in [-0.15, -0.1) is 0 Å². The number of nitrogens with one attached hydrogen (secondary N) is 2. The molecule has 0 radical (unpaired) electrons. The first-order chi connectivity index (χ1) is 14.5. The number of anilines is 1. The van der Waals surface area contributed by atoms with E-state index < -0.39 is 0 Å². The number of carbonyl (C=O) groups is 2. The third-order valence-electron chi connectivity index (χ3n) is 4.30. The van der Waals surface area contributed by atoms with Crippen LogP contribution in [0.4, 0.5) is 5.69 Å². The molecule has 0 spiro atoms. The molecule has 0 unspecified atom stereocenters. The summed E-state index contributed by atoms with van der Waals surface area (Å²) in [6.45, 7) is 1.77. The predicted molar refractivity (Wildman–Crippen MR) is 119 cm³/mol. The minimum absolute atomic E-state index is 0.267. The summed E-state index contributed by atoms with van der Waals surface area (Å²) < 4.78 is 5.08. The molecule has 0 atom stereocenters. The Hall–Kier alpha value is -3.64. The number of amides is 2. The molecule has 0 fully saturated rings. The molecule has 0 heterocycles. The minimum atomic E-state index is -0.331. The molecule has 0 saturated carbocycles. The van der Waals surface area contributed by atoms with Gasteiger partial charge in [-0.2, -0.15) is 5.10 Å². The molecule has 0 aliphatic heterocycles.